The first-order valence-electron chi connectivity index (χ1n) is 6.90. The van der Waals surface area contributed by atoms with Crippen molar-refractivity contribution in [1.29, 1.82) is 0 Å². The van der Waals surface area contributed by atoms with Gasteiger partial charge in [0.15, 0.2) is 0 Å². The molecule has 0 bridgehead atoms. The molecule has 0 saturated carbocycles. The van der Waals surface area contributed by atoms with Gasteiger partial charge in [0, 0.05) is 22.2 Å². The number of thiophene rings is 1. The lowest BCUT2D eigenvalue weighted by Gasteiger charge is -2.04. The third-order valence-corrected chi connectivity index (χ3v) is 4.41. The molecule has 21 heavy (non-hydrogen) atoms. The second-order valence-corrected chi connectivity index (χ2v) is 5.88. The van der Waals surface area contributed by atoms with Gasteiger partial charge < -0.3 is 4.98 Å². The van der Waals surface area contributed by atoms with Crippen molar-refractivity contribution in [2.45, 2.75) is 6.92 Å². The van der Waals surface area contributed by atoms with Crippen molar-refractivity contribution >= 4 is 22.1 Å². The Morgan fingerprint density at radius 1 is 1.00 bits per heavy atom. The Labute approximate surface area is 127 Å². The standard InChI is InChI=1S/C18H14N2S/c1-12-17(20-18(19-12)14-9-10-21-11-14)16-8-4-6-13-5-2-3-7-15(13)16/h2-11H,1H3,(H,19,20). The van der Waals surface area contributed by atoms with E-state index in [0.29, 0.717) is 0 Å². The van der Waals surface area contributed by atoms with Crippen LogP contribution in [0.2, 0.25) is 0 Å². The highest BCUT2D eigenvalue weighted by Gasteiger charge is 2.12. The zero-order valence-corrected chi connectivity index (χ0v) is 12.4. The summed E-state index contributed by atoms with van der Waals surface area (Å²) in [5.41, 5.74) is 4.47. The lowest BCUT2D eigenvalue weighted by atomic mass is 10.0. The molecule has 4 rings (SSSR count). The molecule has 4 aromatic rings. The molecule has 0 fully saturated rings. The predicted octanol–water partition coefficient (Wildman–Crippen LogP) is 5.27. The average Bonchev–Trinajstić information content (AvgIpc) is 3.16. The third kappa shape index (κ3) is 2.06. The van der Waals surface area contributed by atoms with Crippen LogP contribution in [0.4, 0.5) is 0 Å². The number of aromatic amines is 1. The van der Waals surface area contributed by atoms with Gasteiger partial charge in [-0.2, -0.15) is 11.3 Å². The Bertz CT molecular complexity index is 899. The molecule has 102 valence electrons. The number of hydrogen-bond acceptors (Lipinski definition) is 2. The van der Waals surface area contributed by atoms with Crippen LogP contribution in [0.1, 0.15) is 5.69 Å². The van der Waals surface area contributed by atoms with Gasteiger partial charge >= 0.3 is 0 Å². The van der Waals surface area contributed by atoms with Crippen molar-refractivity contribution in [2.75, 3.05) is 0 Å². The smallest absolute Gasteiger partial charge is 0.139 e. The number of imidazole rings is 1. The molecule has 2 nitrogen and oxygen atoms in total. The third-order valence-electron chi connectivity index (χ3n) is 3.72. The summed E-state index contributed by atoms with van der Waals surface area (Å²) in [7, 11) is 0. The van der Waals surface area contributed by atoms with Crippen LogP contribution in [0.15, 0.2) is 59.3 Å². The second kappa shape index (κ2) is 4.86. The maximum absolute atomic E-state index is 4.82. The molecule has 2 heterocycles. The Morgan fingerprint density at radius 3 is 2.71 bits per heavy atom. The maximum atomic E-state index is 4.82. The van der Waals surface area contributed by atoms with Crippen LogP contribution >= 0.6 is 11.3 Å². The monoisotopic (exact) mass is 290 g/mol. The number of fused-ring (bicyclic) bond motifs is 1. The number of H-pyrrole nitrogens is 1. The fourth-order valence-corrected chi connectivity index (χ4v) is 3.33. The zero-order valence-electron chi connectivity index (χ0n) is 11.6. The second-order valence-electron chi connectivity index (χ2n) is 5.10. The van der Waals surface area contributed by atoms with Gasteiger partial charge in [-0.05, 0) is 29.1 Å². The number of nitrogens with one attached hydrogen (secondary N) is 1. The molecule has 3 heteroatoms. The van der Waals surface area contributed by atoms with Crippen molar-refractivity contribution in [1.82, 2.24) is 9.97 Å². The molecule has 0 atom stereocenters. The molecule has 0 aliphatic carbocycles. The minimum absolute atomic E-state index is 0.941. The first-order valence-corrected chi connectivity index (χ1v) is 7.84. The van der Waals surface area contributed by atoms with Gasteiger partial charge in [-0.25, -0.2) is 4.98 Å². The number of rotatable bonds is 2. The summed E-state index contributed by atoms with van der Waals surface area (Å²) in [6.07, 6.45) is 0. The van der Waals surface area contributed by atoms with Crippen LogP contribution in [0.3, 0.4) is 0 Å². The number of hydrogen-bond donors (Lipinski definition) is 1. The molecule has 0 spiro atoms. The minimum Gasteiger partial charge on any atom is -0.342 e. The number of benzene rings is 2. The zero-order chi connectivity index (χ0) is 14.2. The fourth-order valence-electron chi connectivity index (χ4n) is 2.69. The molecule has 0 radical (unpaired) electrons. The van der Waals surface area contributed by atoms with E-state index in [2.05, 4.69) is 71.2 Å². The predicted molar refractivity (Wildman–Crippen MR) is 89.6 cm³/mol. The fraction of sp³-hybridized carbons (Fsp3) is 0.0556. The molecule has 2 aromatic carbocycles. The molecule has 0 aliphatic rings. The minimum atomic E-state index is 0.941. The molecule has 0 aliphatic heterocycles. The Morgan fingerprint density at radius 2 is 1.86 bits per heavy atom. The molecule has 2 aromatic heterocycles. The van der Waals surface area contributed by atoms with Gasteiger partial charge in [0.2, 0.25) is 0 Å². The molecular weight excluding hydrogens is 276 g/mol. The lowest BCUT2D eigenvalue weighted by molar-refractivity contribution is 1.26. The van der Waals surface area contributed by atoms with Crippen molar-refractivity contribution in [3.63, 3.8) is 0 Å². The largest absolute Gasteiger partial charge is 0.342 e. The van der Waals surface area contributed by atoms with Crippen LogP contribution in [-0.2, 0) is 0 Å². The van der Waals surface area contributed by atoms with Crippen molar-refractivity contribution in [2.24, 2.45) is 0 Å². The van der Waals surface area contributed by atoms with Gasteiger partial charge in [0.25, 0.3) is 0 Å². The van der Waals surface area contributed by atoms with E-state index in [9.17, 15) is 0 Å². The highest BCUT2D eigenvalue weighted by atomic mass is 32.1. The van der Waals surface area contributed by atoms with Gasteiger partial charge in [-0.1, -0.05) is 42.5 Å². The van der Waals surface area contributed by atoms with Crippen molar-refractivity contribution < 1.29 is 0 Å². The Hall–Kier alpha value is -2.39. The number of nitrogens with zero attached hydrogens (tertiary/aromatic N) is 1. The van der Waals surface area contributed by atoms with E-state index in [-0.39, 0.29) is 0 Å². The van der Waals surface area contributed by atoms with E-state index >= 15 is 0 Å². The average molecular weight is 290 g/mol. The van der Waals surface area contributed by atoms with E-state index in [4.69, 9.17) is 4.98 Å². The molecule has 0 saturated heterocycles. The highest BCUT2D eigenvalue weighted by molar-refractivity contribution is 7.08. The Kier molecular flexibility index (Phi) is 2.86. The van der Waals surface area contributed by atoms with Gasteiger partial charge in [-0.15, -0.1) is 0 Å². The van der Waals surface area contributed by atoms with Crippen LogP contribution in [0.25, 0.3) is 33.4 Å². The summed E-state index contributed by atoms with van der Waals surface area (Å²) in [4.78, 5) is 8.23. The number of aromatic nitrogens is 2. The summed E-state index contributed by atoms with van der Waals surface area (Å²) in [5.74, 6) is 0.941. The lowest BCUT2D eigenvalue weighted by Crippen LogP contribution is -1.84. The van der Waals surface area contributed by atoms with Crippen LogP contribution in [0.5, 0.6) is 0 Å². The van der Waals surface area contributed by atoms with E-state index in [0.717, 1.165) is 22.8 Å². The van der Waals surface area contributed by atoms with Crippen molar-refractivity contribution in [3.05, 3.63) is 65.0 Å². The highest BCUT2D eigenvalue weighted by Crippen LogP contribution is 2.31. The molecular formula is C18H14N2S. The first kappa shape index (κ1) is 12.4. The van der Waals surface area contributed by atoms with Crippen LogP contribution in [0, 0.1) is 6.92 Å². The summed E-state index contributed by atoms with van der Waals surface area (Å²) >= 11 is 1.69. The van der Waals surface area contributed by atoms with E-state index in [1.807, 2.05) is 0 Å². The molecule has 0 amide bonds. The first-order chi connectivity index (χ1) is 10.3. The van der Waals surface area contributed by atoms with Gasteiger partial charge in [0.05, 0.1) is 5.69 Å². The van der Waals surface area contributed by atoms with Crippen molar-refractivity contribution in [3.8, 4) is 22.6 Å². The van der Waals surface area contributed by atoms with Crippen LogP contribution in [-0.4, -0.2) is 9.97 Å². The number of aryl methyl sites for hydroxylation is 1. The summed E-state index contributed by atoms with van der Waals surface area (Å²) in [6.45, 7) is 2.08. The SMILES string of the molecule is Cc1[nH]c(-c2ccsc2)nc1-c1cccc2ccccc12. The normalized spacial score (nSPS) is 11.1. The van der Waals surface area contributed by atoms with E-state index < -0.39 is 0 Å². The Balaban J connectivity index is 1.93. The van der Waals surface area contributed by atoms with Gasteiger partial charge in [-0.3, -0.25) is 0 Å². The summed E-state index contributed by atoms with van der Waals surface area (Å²) in [6, 6.07) is 16.9. The summed E-state index contributed by atoms with van der Waals surface area (Å²) < 4.78 is 0. The van der Waals surface area contributed by atoms with E-state index in [1.54, 1.807) is 11.3 Å². The van der Waals surface area contributed by atoms with E-state index in [1.165, 1.54) is 16.3 Å². The molecule has 1 N–H and O–H groups in total. The van der Waals surface area contributed by atoms with Crippen LogP contribution < -0.4 is 0 Å². The molecule has 0 unspecified atom stereocenters. The van der Waals surface area contributed by atoms with Gasteiger partial charge in [0.1, 0.15) is 5.82 Å². The quantitative estimate of drug-likeness (QED) is 0.535. The topological polar surface area (TPSA) is 28.7 Å². The maximum Gasteiger partial charge on any atom is 0.139 e. The summed E-state index contributed by atoms with van der Waals surface area (Å²) in [5, 5.41) is 6.68.